The van der Waals surface area contributed by atoms with Gasteiger partial charge in [-0.1, -0.05) is 35.9 Å². The van der Waals surface area contributed by atoms with Crippen LogP contribution in [0.2, 0.25) is 5.02 Å². The molecule has 0 saturated carbocycles. The maximum Gasteiger partial charge on any atom is 0.264 e. The van der Waals surface area contributed by atoms with Gasteiger partial charge in [0, 0.05) is 16.1 Å². The van der Waals surface area contributed by atoms with E-state index < -0.39 is 26.6 Å². The van der Waals surface area contributed by atoms with E-state index in [0.29, 0.717) is 5.56 Å². The van der Waals surface area contributed by atoms with E-state index in [-0.39, 0.29) is 27.7 Å². The Balaban J connectivity index is 1.89. The van der Waals surface area contributed by atoms with Gasteiger partial charge in [-0.2, -0.15) is 0 Å². The Kier molecular flexibility index (Phi) is 6.19. The lowest BCUT2D eigenvalue weighted by Crippen LogP contribution is -2.18. The van der Waals surface area contributed by atoms with E-state index in [2.05, 4.69) is 10.0 Å². The van der Waals surface area contributed by atoms with Crippen LogP contribution in [0.15, 0.2) is 71.6 Å². The first-order valence-electron chi connectivity index (χ1n) is 8.66. The third-order valence-electron chi connectivity index (χ3n) is 4.15. The van der Waals surface area contributed by atoms with Crippen molar-refractivity contribution in [1.29, 1.82) is 0 Å². The highest BCUT2D eigenvalue weighted by Crippen LogP contribution is 2.29. The molecule has 0 heterocycles. The van der Waals surface area contributed by atoms with Crippen molar-refractivity contribution in [2.75, 3.05) is 10.0 Å². The Morgan fingerprint density at radius 1 is 0.900 bits per heavy atom. The van der Waals surface area contributed by atoms with Crippen molar-refractivity contribution >= 4 is 44.7 Å². The SMILES string of the molecule is CC(=O)c1ccc(C(=O)Nc2cc(Cl)ccc2NS(=O)(=O)c2ccccc2F)cc1. The van der Waals surface area contributed by atoms with Gasteiger partial charge in [0.2, 0.25) is 0 Å². The molecule has 0 radical (unpaired) electrons. The van der Waals surface area contributed by atoms with Crippen molar-refractivity contribution in [2.45, 2.75) is 11.8 Å². The van der Waals surface area contributed by atoms with Gasteiger partial charge in [0.25, 0.3) is 15.9 Å². The number of sulfonamides is 1. The molecule has 0 aliphatic heterocycles. The smallest absolute Gasteiger partial charge is 0.264 e. The summed E-state index contributed by atoms with van der Waals surface area (Å²) in [5.74, 6) is -1.59. The summed E-state index contributed by atoms with van der Waals surface area (Å²) in [7, 11) is -4.25. The van der Waals surface area contributed by atoms with Crippen molar-refractivity contribution in [3.05, 3.63) is 88.7 Å². The molecule has 0 atom stereocenters. The maximum absolute atomic E-state index is 13.9. The third-order valence-corrected chi connectivity index (χ3v) is 5.79. The molecule has 0 spiro atoms. The lowest BCUT2D eigenvalue weighted by molar-refractivity contribution is 0.101. The number of halogens is 2. The second kappa shape index (κ2) is 8.64. The van der Waals surface area contributed by atoms with E-state index in [1.165, 1.54) is 61.5 Å². The molecule has 0 aliphatic carbocycles. The minimum atomic E-state index is -4.25. The molecule has 30 heavy (non-hydrogen) atoms. The highest BCUT2D eigenvalue weighted by atomic mass is 35.5. The van der Waals surface area contributed by atoms with Gasteiger partial charge in [0.15, 0.2) is 5.78 Å². The molecule has 0 unspecified atom stereocenters. The lowest BCUT2D eigenvalue weighted by Gasteiger charge is -2.14. The molecule has 3 aromatic rings. The summed E-state index contributed by atoms with van der Waals surface area (Å²) in [5, 5.41) is 2.83. The third kappa shape index (κ3) is 4.84. The van der Waals surface area contributed by atoms with Crippen molar-refractivity contribution in [3.8, 4) is 0 Å². The number of hydrogen-bond acceptors (Lipinski definition) is 4. The van der Waals surface area contributed by atoms with Crippen LogP contribution in [0.25, 0.3) is 0 Å². The molecule has 154 valence electrons. The number of ketones is 1. The van der Waals surface area contributed by atoms with E-state index >= 15 is 0 Å². The quantitative estimate of drug-likeness (QED) is 0.535. The summed E-state index contributed by atoms with van der Waals surface area (Å²) < 4.78 is 41.4. The largest absolute Gasteiger partial charge is 0.320 e. The molecular formula is C21H16ClFN2O4S. The van der Waals surface area contributed by atoms with Crippen LogP contribution in [-0.2, 0) is 10.0 Å². The number of Topliss-reactive ketones (excluding diaryl/α,β-unsaturated/α-hetero) is 1. The van der Waals surface area contributed by atoms with Crippen LogP contribution in [0, 0.1) is 5.82 Å². The van der Waals surface area contributed by atoms with Gasteiger partial charge < -0.3 is 5.32 Å². The highest BCUT2D eigenvalue weighted by molar-refractivity contribution is 7.92. The van der Waals surface area contributed by atoms with E-state index in [4.69, 9.17) is 11.6 Å². The predicted molar refractivity (Wildman–Crippen MR) is 113 cm³/mol. The maximum atomic E-state index is 13.9. The first kappa shape index (κ1) is 21.5. The van der Waals surface area contributed by atoms with Gasteiger partial charge in [0.05, 0.1) is 11.4 Å². The normalized spacial score (nSPS) is 11.0. The summed E-state index contributed by atoms with van der Waals surface area (Å²) in [6.45, 7) is 1.41. The number of benzene rings is 3. The molecular weight excluding hydrogens is 431 g/mol. The molecule has 9 heteroatoms. The fraction of sp³-hybridized carbons (Fsp3) is 0.0476. The van der Waals surface area contributed by atoms with Gasteiger partial charge in [-0.05, 0) is 49.4 Å². The predicted octanol–water partition coefficient (Wildman–Crippen LogP) is 4.73. The molecule has 0 aliphatic rings. The van der Waals surface area contributed by atoms with Crippen molar-refractivity contribution < 1.29 is 22.4 Å². The Morgan fingerprint density at radius 3 is 2.17 bits per heavy atom. The molecule has 1 amide bonds. The zero-order valence-corrected chi connectivity index (χ0v) is 17.2. The topological polar surface area (TPSA) is 92.3 Å². The second-order valence-corrected chi connectivity index (χ2v) is 8.40. The van der Waals surface area contributed by atoms with Gasteiger partial charge >= 0.3 is 0 Å². The number of hydrogen-bond donors (Lipinski definition) is 2. The first-order valence-corrected chi connectivity index (χ1v) is 10.5. The summed E-state index contributed by atoms with van der Waals surface area (Å²) in [6.07, 6.45) is 0. The number of carbonyl (C=O) groups is 2. The number of carbonyl (C=O) groups excluding carboxylic acids is 2. The van der Waals surface area contributed by atoms with Crippen LogP contribution in [0.4, 0.5) is 15.8 Å². The highest BCUT2D eigenvalue weighted by Gasteiger charge is 2.21. The number of anilines is 2. The van der Waals surface area contributed by atoms with Gasteiger partial charge in [-0.3, -0.25) is 14.3 Å². The average molecular weight is 447 g/mol. The van der Waals surface area contributed by atoms with Crippen LogP contribution < -0.4 is 10.0 Å². The average Bonchev–Trinajstić information content (AvgIpc) is 2.70. The van der Waals surface area contributed by atoms with Gasteiger partial charge in [-0.15, -0.1) is 0 Å². The molecule has 3 rings (SSSR count). The Hall–Kier alpha value is -3.23. The zero-order valence-electron chi connectivity index (χ0n) is 15.6. The van der Waals surface area contributed by atoms with Gasteiger partial charge in [-0.25, -0.2) is 12.8 Å². The lowest BCUT2D eigenvalue weighted by atomic mass is 10.1. The second-order valence-electron chi connectivity index (χ2n) is 6.31. The summed E-state index contributed by atoms with van der Waals surface area (Å²) in [6, 6.07) is 15.0. The van der Waals surface area contributed by atoms with Crippen LogP contribution in [-0.4, -0.2) is 20.1 Å². The van der Waals surface area contributed by atoms with Crippen LogP contribution in [0.5, 0.6) is 0 Å². The number of nitrogens with one attached hydrogen (secondary N) is 2. The van der Waals surface area contributed by atoms with E-state index in [9.17, 15) is 22.4 Å². The molecule has 3 aromatic carbocycles. The van der Waals surface area contributed by atoms with Crippen LogP contribution >= 0.6 is 11.6 Å². The van der Waals surface area contributed by atoms with Crippen molar-refractivity contribution in [3.63, 3.8) is 0 Å². The van der Waals surface area contributed by atoms with Crippen molar-refractivity contribution in [1.82, 2.24) is 0 Å². The zero-order chi connectivity index (χ0) is 21.9. The number of rotatable bonds is 6. The summed E-state index contributed by atoms with van der Waals surface area (Å²) in [5.41, 5.74) is 0.801. The molecule has 0 saturated heterocycles. The van der Waals surface area contributed by atoms with Crippen LogP contribution in [0.3, 0.4) is 0 Å². The van der Waals surface area contributed by atoms with Crippen molar-refractivity contribution in [2.24, 2.45) is 0 Å². The summed E-state index contributed by atoms with van der Waals surface area (Å²) >= 11 is 5.99. The molecule has 0 bridgehead atoms. The Morgan fingerprint density at radius 2 is 1.53 bits per heavy atom. The van der Waals surface area contributed by atoms with E-state index in [0.717, 1.165) is 12.1 Å². The van der Waals surface area contributed by atoms with E-state index in [1.54, 1.807) is 0 Å². The Bertz CT molecular complexity index is 1230. The fourth-order valence-corrected chi connectivity index (χ4v) is 3.95. The van der Waals surface area contributed by atoms with Crippen LogP contribution in [0.1, 0.15) is 27.6 Å². The minimum absolute atomic E-state index is 0.0105. The monoisotopic (exact) mass is 446 g/mol. The number of amides is 1. The summed E-state index contributed by atoms with van der Waals surface area (Å²) in [4.78, 5) is 23.4. The minimum Gasteiger partial charge on any atom is -0.320 e. The first-order chi connectivity index (χ1) is 14.2. The molecule has 2 N–H and O–H groups in total. The standard InChI is InChI=1S/C21H16ClFN2O4S/c1-13(26)14-6-8-15(9-7-14)21(27)24-19-12-16(22)10-11-18(19)25-30(28,29)20-5-3-2-4-17(20)23/h2-12,25H,1H3,(H,24,27). The fourth-order valence-electron chi connectivity index (χ4n) is 2.62. The van der Waals surface area contributed by atoms with E-state index in [1.807, 2.05) is 0 Å². The van der Waals surface area contributed by atoms with Gasteiger partial charge in [0.1, 0.15) is 10.7 Å². The Labute approximate surface area is 177 Å². The molecule has 6 nitrogen and oxygen atoms in total. The molecule has 0 fully saturated rings. The molecule has 0 aromatic heterocycles.